The molecule has 4 heteroatoms. The van der Waals surface area contributed by atoms with E-state index in [1.54, 1.807) is 11.3 Å². The Kier molecular flexibility index (Phi) is 4.69. The van der Waals surface area contributed by atoms with Gasteiger partial charge in [0.15, 0.2) is 0 Å². The second kappa shape index (κ2) is 6.73. The standard InChI is InChI=1S/C19H18ClNOS/c1-3-12(2)21-19(22)14-10-13-8-9-23-18(13)16(11-14)15-6-4-5-7-17(15)20/h4-12H,3H2,1-2H3,(H,21,22). The topological polar surface area (TPSA) is 29.1 Å². The van der Waals surface area contributed by atoms with Crippen LogP contribution in [0.3, 0.4) is 0 Å². The minimum Gasteiger partial charge on any atom is -0.350 e. The molecule has 0 saturated heterocycles. The number of fused-ring (bicyclic) bond motifs is 1. The van der Waals surface area contributed by atoms with Crippen LogP contribution in [-0.2, 0) is 0 Å². The first-order valence-corrected chi connectivity index (χ1v) is 8.93. The smallest absolute Gasteiger partial charge is 0.251 e. The van der Waals surface area contributed by atoms with Crippen LogP contribution in [0.25, 0.3) is 21.2 Å². The molecule has 1 unspecified atom stereocenters. The zero-order valence-corrected chi connectivity index (χ0v) is 14.7. The zero-order valence-electron chi connectivity index (χ0n) is 13.1. The van der Waals surface area contributed by atoms with E-state index in [0.717, 1.165) is 27.6 Å². The lowest BCUT2D eigenvalue weighted by molar-refractivity contribution is 0.0939. The number of carbonyl (C=O) groups excluding carboxylic acids is 1. The van der Waals surface area contributed by atoms with Gasteiger partial charge in [0.1, 0.15) is 0 Å². The number of nitrogens with one attached hydrogen (secondary N) is 1. The molecule has 1 amide bonds. The number of carbonyl (C=O) groups is 1. The van der Waals surface area contributed by atoms with E-state index in [4.69, 9.17) is 11.6 Å². The predicted octanol–water partition coefficient (Wildman–Crippen LogP) is 5.75. The number of hydrogen-bond donors (Lipinski definition) is 1. The maximum Gasteiger partial charge on any atom is 0.251 e. The van der Waals surface area contributed by atoms with Crippen molar-refractivity contribution in [2.75, 3.05) is 0 Å². The van der Waals surface area contributed by atoms with Gasteiger partial charge in [0, 0.05) is 32.5 Å². The second-order valence-corrected chi connectivity index (χ2v) is 6.95. The molecule has 2 aromatic carbocycles. The quantitative estimate of drug-likeness (QED) is 0.642. The summed E-state index contributed by atoms with van der Waals surface area (Å²) in [4.78, 5) is 12.5. The Hall–Kier alpha value is -1.84. The zero-order chi connectivity index (χ0) is 16.4. The lowest BCUT2D eigenvalue weighted by atomic mass is 10.0. The minimum atomic E-state index is -0.0410. The van der Waals surface area contributed by atoms with Crippen molar-refractivity contribution in [3.63, 3.8) is 0 Å². The van der Waals surface area contributed by atoms with E-state index in [0.29, 0.717) is 10.6 Å². The van der Waals surface area contributed by atoms with E-state index >= 15 is 0 Å². The molecule has 0 fully saturated rings. The predicted molar refractivity (Wildman–Crippen MR) is 99.5 cm³/mol. The monoisotopic (exact) mass is 343 g/mol. The Labute approximate surface area is 145 Å². The maximum absolute atomic E-state index is 12.5. The Morgan fingerprint density at radius 3 is 2.74 bits per heavy atom. The van der Waals surface area contributed by atoms with Gasteiger partial charge in [-0.05, 0) is 48.4 Å². The number of halogens is 1. The maximum atomic E-state index is 12.5. The molecule has 2 nitrogen and oxygen atoms in total. The minimum absolute atomic E-state index is 0.0410. The summed E-state index contributed by atoms with van der Waals surface area (Å²) < 4.78 is 1.15. The molecule has 0 aliphatic rings. The summed E-state index contributed by atoms with van der Waals surface area (Å²) in [6.45, 7) is 4.07. The van der Waals surface area contributed by atoms with Crippen molar-refractivity contribution >= 4 is 38.9 Å². The van der Waals surface area contributed by atoms with Gasteiger partial charge >= 0.3 is 0 Å². The van der Waals surface area contributed by atoms with E-state index in [9.17, 15) is 4.79 Å². The molecule has 0 radical (unpaired) electrons. The van der Waals surface area contributed by atoms with E-state index in [1.165, 1.54) is 0 Å². The molecule has 0 aliphatic heterocycles. The van der Waals surface area contributed by atoms with Crippen LogP contribution in [0.5, 0.6) is 0 Å². The van der Waals surface area contributed by atoms with E-state index in [1.807, 2.05) is 54.8 Å². The van der Waals surface area contributed by atoms with Crippen LogP contribution in [-0.4, -0.2) is 11.9 Å². The van der Waals surface area contributed by atoms with Crippen LogP contribution < -0.4 is 5.32 Å². The Balaban J connectivity index is 2.12. The lowest BCUT2D eigenvalue weighted by Gasteiger charge is -2.13. The molecule has 3 rings (SSSR count). The molecule has 118 valence electrons. The van der Waals surface area contributed by atoms with Gasteiger partial charge in [-0.15, -0.1) is 11.3 Å². The number of hydrogen-bond acceptors (Lipinski definition) is 2. The molecule has 1 N–H and O–H groups in total. The summed E-state index contributed by atoms with van der Waals surface area (Å²) in [6, 6.07) is 13.8. The lowest BCUT2D eigenvalue weighted by Crippen LogP contribution is -2.31. The van der Waals surface area contributed by atoms with Crippen molar-refractivity contribution in [2.24, 2.45) is 0 Å². The van der Waals surface area contributed by atoms with Gasteiger partial charge in [0.05, 0.1) is 0 Å². The van der Waals surface area contributed by atoms with E-state index in [2.05, 4.69) is 12.2 Å². The number of rotatable bonds is 4. The summed E-state index contributed by atoms with van der Waals surface area (Å²) in [6.07, 6.45) is 0.907. The number of thiophene rings is 1. The van der Waals surface area contributed by atoms with Gasteiger partial charge in [-0.3, -0.25) is 4.79 Å². The van der Waals surface area contributed by atoms with Gasteiger partial charge in [0.25, 0.3) is 5.91 Å². The van der Waals surface area contributed by atoms with Crippen molar-refractivity contribution in [1.29, 1.82) is 0 Å². The largest absolute Gasteiger partial charge is 0.350 e. The molecular weight excluding hydrogens is 326 g/mol. The Morgan fingerprint density at radius 1 is 1.22 bits per heavy atom. The van der Waals surface area contributed by atoms with Crippen LogP contribution in [0, 0.1) is 0 Å². The van der Waals surface area contributed by atoms with E-state index in [-0.39, 0.29) is 11.9 Å². The van der Waals surface area contributed by atoms with Crippen LogP contribution in [0.1, 0.15) is 30.6 Å². The molecule has 0 bridgehead atoms. The van der Waals surface area contributed by atoms with Crippen molar-refractivity contribution in [3.05, 3.63) is 58.4 Å². The highest BCUT2D eigenvalue weighted by atomic mass is 35.5. The number of amides is 1. The molecule has 1 atom stereocenters. The third-order valence-electron chi connectivity index (χ3n) is 3.97. The third-order valence-corrected chi connectivity index (χ3v) is 5.26. The first-order chi connectivity index (χ1) is 11.1. The van der Waals surface area contributed by atoms with Crippen molar-refractivity contribution in [2.45, 2.75) is 26.3 Å². The molecule has 3 aromatic rings. The van der Waals surface area contributed by atoms with Gasteiger partial charge in [-0.2, -0.15) is 0 Å². The summed E-state index contributed by atoms with van der Waals surface area (Å²) in [5.41, 5.74) is 2.64. The summed E-state index contributed by atoms with van der Waals surface area (Å²) in [5.74, 6) is -0.0410. The Morgan fingerprint density at radius 2 is 2.00 bits per heavy atom. The van der Waals surface area contributed by atoms with Gasteiger partial charge in [0.2, 0.25) is 0 Å². The van der Waals surface area contributed by atoms with Crippen molar-refractivity contribution in [1.82, 2.24) is 5.32 Å². The summed E-state index contributed by atoms with van der Waals surface area (Å²) in [7, 11) is 0. The molecule has 23 heavy (non-hydrogen) atoms. The highest BCUT2D eigenvalue weighted by Crippen LogP contribution is 2.37. The van der Waals surface area contributed by atoms with Crippen molar-refractivity contribution < 1.29 is 4.79 Å². The van der Waals surface area contributed by atoms with Crippen LogP contribution in [0.15, 0.2) is 47.8 Å². The fourth-order valence-electron chi connectivity index (χ4n) is 2.50. The van der Waals surface area contributed by atoms with E-state index < -0.39 is 0 Å². The summed E-state index contributed by atoms with van der Waals surface area (Å²) in [5, 5.41) is 6.84. The molecular formula is C19H18ClNOS. The average molecular weight is 344 g/mol. The SMILES string of the molecule is CCC(C)NC(=O)c1cc(-c2ccccc2Cl)c2sccc2c1. The Bertz CT molecular complexity index is 855. The van der Waals surface area contributed by atoms with Gasteiger partial charge in [-0.1, -0.05) is 36.7 Å². The normalized spacial score (nSPS) is 12.3. The fraction of sp³-hybridized carbons (Fsp3) is 0.211. The summed E-state index contributed by atoms with van der Waals surface area (Å²) >= 11 is 8.03. The highest BCUT2D eigenvalue weighted by Gasteiger charge is 2.15. The molecule has 0 aliphatic carbocycles. The molecule has 1 heterocycles. The van der Waals surface area contributed by atoms with Gasteiger partial charge < -0.3 is 5.32 Å². The first kappa shape index (κ1) is 16.0. The van der Waals surface area contributed by atoms with Gasteiger partial charge in [-0.25, -0.2) is 0 Å². The average Bonchev–Trinajstić information content (AvgIpc) is 3.02. The first-order valence-electron chi connectivity index (χ1n) is 7.67. The second-order valence-electron chi connectivity index (χ2n) is 5.63. The fourth-order valence-corrected chi connectivity index (χ4v) is 3.65. The van der Waals surface area contributed by atoms with Crippen LogP contribution >= 0.6 is 22.9 Å². The third kappa shape index (κ3) is 3.26. The van der Waals surface area contributed by atoms with Crippen LogP contribution in [0.4, 0.5) is 0 Å². The molecule has 0 spiro atoms. The molecule has 1 aromatic heterocycles. The highest BCUT2D eigenvalue weighted by molar-refractivity contribution is 7.17. The van der Waals surface area contributed by atoms with Crippen molar-refractivity contribution in [3.8, 4) is 11.1 Å². The van der Waals surface area contributed by atoms with Crippen LogP contribution in [0.2, 0.25) is 5.02 Å². The number of benzene rings is 2. The molecule has 0 saturated carbocycles.